The van der Waals surface area contributed by atoms with Crippen molar-refractivity contribution >= 4 is 0 Å². The number of hydrogen-bond donors (Lipinski definition) is 1. The minimum Gasteiger partial charge on any atom is -0.445 e. The van der Waals surface area contributed by atoms with Gasteiger partial charge in [0.15, 0.2) is 5.89 Å². The van der Waals surface area contributed by atoms with Crippen LogP contribution in [-0.4, -0.2) is 17.6 Å². The monoisotopic (exact) mass is 270 g/mol. The molecule has 20 heavy (non-hydrogen) atoms. The Balaban J connectivity index is 1.56. The maximum Gasteiger partial charge on any atom is 0.195 e. The highest BCUT2D eigenvalue weighted by atomic mass is 16.4. The molecule has 1 aromatic carbocycles. The predicted molar refractivity (Wildman–Crippen MR) is 79.9 cm³/mol. The Labute approximate surface area is 120 Å². The molecule has 1 fully saturated rings. The first-order chi connectivity index (χ1) is 9.74. The molecule has 0 radical (unpaired) electrons. The second-order valence-corrected chi connectivity index (χ2v) is 5.87. The maximum absolute atomic E-state index is 5.89. The van der Waals surface area contributed by atoms with Gasteiger partial charge in [-0.2, -0.15) is 0 Å². The Morgan fingerprint density at radius 1 is 1.25 bits per heavy atom. The fourth-order valence-electron chi connectivity index (χ4n) is 2.66. The Morgan fingerprint density at radius 2 is 2.05 bits per heavy atom. The average Bonchev–Trinajstić information content (AvgIpc) is 3.12. The molecule has 3 nitrogen and oxygen atoms in total. The minimum atomic E-state index is 0.510. The lowest BCUT2D eigenvalue weighted by atomic mass is 10.1. The molecule has 3 rings (SSSR count). The standard InChI is InChI=1S/C17H22N2O/c1-12(2)18-9-8-17-19-11-16(20-17)15-10-14(15)13-6-4-3-5-7-13/h3-7,11-12,14-15,18H,8-10H2,1-2H3. The SMILES string of the molecule is CC(C)NCCc1ncc(C2CC2c2ccccc2)o1. The van der Waals surface area contributed by atoms with Crippen LogP contribution < -0.4 is 5.32 Å². The number of benzene rings is 1. The van der Waals surface area contributed by atoms with Gasteiger partial charge in [0.05, 0.1) is 6.20 Å². The van der Waals surface area contributed by atoms with Gasteiger partial charge in [-0.05, 0) is 17.9 Å². The van der Waals surface area contributed by atoms with Crippen molar-refractivity contribution in [3.8, 4) is 0 Å². The second-order valence-electron chi connectivity index (χ2n) is 5.87. The minimum absolute atomic E-state index is 0.510. The van der Waals surface area contributed by atoms with Gasteiger partial charge < -0.3 is 9.73 Å². The second kappa shape index (κ2) is 5.80. The van der Waals surface area contributed by atoms with Gasteiger partial charge in [-0.1, -0.05) is 44.2 Å². The zero-order valence-corrected chi connectivity index (χ0v) is 12.2. The van der Waals surface area contributed by atoms with Crippen LogP contribution >= 0.6 is 0 Å². The molecule has 2 unspecified atom stereocenters. The lowest BCUT2D eigenvalue weighted by molar-refractivity contribution is 0.443. The Bertz CT molecular complexity index is 547. The summed E-state index contributed by atoms with van der Waals surface area (Å²) in [7, 11) is 0. The van der Waals surface area contributed by atoms with Crippen LogP contribution in [-0.2, 0) is 6.42 Å². The summed E-state index contributed by atoms with van der Waals surface area (Å²) in [6.07, 6.45) is 3.96. The number of aromatic nitrogens is 1. The quantitative estimate of drug-likeness (QED) is 0.873. The normalized spacial score (nSPS) is 21.4. The van der Waals surface area contributed by atoms with Crippen molar-refractivity contribution in [1.29, 1.82) is 0 Å². The number of hydrogen-bond acceptors (Lipinski definition) is 3. The Kier molecular flexibility index (Phi) is 3.88. The zero-order valence-electron chi connectivity index (χ0n) is 12.2. The molecule has 1 saturated carbocycles. The molecule has 3 heteroatoms. The van der Waals surface area contributed by atoms with Crippen molar-refractivity contribution in [3.63, 3.8) is 0 Å². The largest absolute Gasteiger partial charge is 0.445 e. The topological polar surface area (TPSA) is 38.1 Å². The van der Waals surface area contributed by atoms with Gasteiger partial charge in [0, 0.05) is 24.9 Å². The molecule has 2 aromatic rings. The highest BCUT2D eigenvalue weighted by Gasteiger charge is 2.41. The summed E-state index contributed by atoms with van der Waals surface area (Å²) in [5.41, 5.74) is 1.41. The van der Waals surface area contributed by atoms with E-state index in [9.17, 15) is 0 Å². The molecule has 0 aliphatic heterocycles. The predicted octanol–water partition coefficient (Wildman–Crippen LogP) is 3.49. The summed E-state index contributed by atoms with van der Waals surface area (Å²) in [6.45, 7) is 5.22. The van der Waals surface area contributed by atoms with E-state index in [0.29, 0.717) is 17.9 Å². The van der Waals surface area contributed by atoms with Gasteiger partial charge in [0.25, 0.3) is 0 Å². The van der Waals surface area contributed by atoms with E-state index in [2.05, 4.69) is 54.5 Å². The van der Waals surface area contributed by atoms with Gasteiger partial charge in [0.2, 0.25) is 0 Å². The number of oxazole rings is 1. The van der Waals surface area contributed by atoms with E-state index in [1.807, 2.05) is 6.20 Å². The van der Waals surface area contributed by atoms with Crippen LogP contribution in [0.25, 0.3) is 0 Å². The molecule has 0 spiro atoms. The number of nitrogens with zero attached hydrogens (tertiary/aromatic N) is 1. The average molecular weight is 270 g/mol. The van der Waals surface area contributed by atoms with Crippen LogP contribution in [0.5, 0.6) is 0 Å². The van der Waals surface area contributed by atoms with E-state index >= 15 is 0 Å². The molecule has 1 heterocycles. The molecular formula is C17H22N2O. The van der Waals surface area contributed by atoms with Crippen LogP contribution in [0.4, 0.5) is 0 Å². The maximum atomic E-state index is 5.89. The Hall–Kier alpha value is -1.61. The molecule has 106 valence electrons. The fraction of sp³-hybridized carbons (Fsp3) is 0.471. The third kappa shape index (κ3) is 3.10. The first kappa shape index (κ1) is 13.4. The van der Waals surface area contributed by atoms with E-state index in [-0.39, 0.29) is 0 Å². The fourth-order valence-corrected chi connectivity index (χ4v) is 2.66. The first-order valence-electron chi connectivity index (χ1n) is 7.47. The first-order valence-corrected chi connectivity index (χ1v) is 7.47. The van der Waals surface area contributed by atoms with Gasteiger partial charge in [-0.3, -0.25) is 0 Å². The van der Waals surface area contributed by atoms with Gasteiger partial charge in [-0.15, -0.1) is 0 Å². The van der Waals surface area contributed by atoms with Crippen molar-refractivity contribution in [1.82, 2.24) is 10.3 Å². The van der Waals surface area contributed by atoms with Crippen LogP contribution in [0.1, 0.15) is 49.3 Å². The van der Waals surface area contributed by atoms with Gasteiger partial charge in [-0.25, -0.2) is 4.98 Å². The highest BCUT2D eigenvalue weighted by Crippen LogP contribution is 2.54. The van der Waals surface area contributed by atoms with Crippen molar-refractivity contribution < 1.29 is 4.42 Å². The molecular weight excluding hydrogens is 248 g/mol. The molecule has 1 N–H and O–H groups in total. The summed E-state index contributed by atoms with van der Waals surface area (Å²) >= 11 is 0. The van der Waals surface area contributed by atoms with Crippen molar-refractivity contribution in [2.45, 2.75) is 44.6 Å². The molecule has 0 amide bonds. The van der Waals surface area contributed by atoms with E-state index in [4.69, 9.17) is 4.42 Å². The van der Waals surface area contributed by atoms with E-state index < -0.39 is 0 Å². The van der Waals surface area contributed by atoms with Crippen LogP contribution in [0.15, 0.2) is 40.9 Å². The van der Waals surface area contributed by atoms with Crippen LogP contribution in [0, 0.1) is 0 Å². The Morgan fingerprint density at radius 3 is 2.80 bits per heavy atom. The van der Waals surface area contributed by atoms with Crippen molar-refractivity contribution in [2.24, 2.45) is 0 Å². The molecule has 0 bridgehead atoms. The van der Waals surface area contributed by atoms with E-state index in [0.717, 1.165) is 24.6 Å². The smallest absolute Gasteiger partial charge is 0.195 e. The van der Waals surface area contributed by atoms with E-state index in [1.54, 1.807) is 0 Å². The summed E-state index contributed by atoms with van der Waals surface area (Å²) in [4.78, 5) is 4.40. The molecule has 1 aliphatic carbocycles. The summed E-state index contributed by atoms with van der Waals surface area (Å²) in [5.74, 6) is 3.05. The summed E-state index contributed by atoms with van der Waals surface area (Å²) in [5, 5.41) is 3.38. The molecule has 1 aliphatic rings. The van der Waals surface area contributed by atoms with Gasteiger partial charge in [0.1, 0.15) is 5.76 Å². The third-order valence-corrected chi connectivity index (χ3v) is 3.85. The third-order valence-electron chi connectivity index (χ3n) is 3.85. The lowest BCUT2D eigenvalue weighted by Gasteiger charge is -2.05. The van der Waals surface area contributed by atoms with Gasteiger partial charge >= 0.3 is 0 Å². The molecule has 0 saturated heterocycles. The summed E-state index contributed by atoms with van der Waals surface area (Å²) < 4.78 is 5.89. The number of rotatable bonds is 6. The van der Waals surface area contributed by atoms with E-state index in [1.165, 1.54) is 12.0 Å². The molecule has 2 atom stereocenters. The number of nitrogens with one attached hydrogen (secondary N) is 1. The lowest BCUT2D eigenvalue weighted by Crippen LogP contribution is -2.24. The van der Waals surface area contributed by atoms with Crippen LogP contribution in [0.2, 0.25) is 0 Å². The van der Waals surface area contributed by atoms with Crippen molar-refractivity contribution in [2.75, 3.05) is 6.54 Å². The highest BCUT2D eigenvalue weighted by molar-refractivity contribution is 5.31. The van der Waals surface area contributed by atoms with Crippen LogP contribution in [0.3, 0.4) is 0 Å². The zero-order chi connectivity index (χ0) is 13.9. The summed E-state index contributed by atoms with van der Waals surface area (Å²) in [6, 6.07) is 11.2. The molecule has 1 aromatic heterocycles. The van der Waals surface area contributed by atoms with Crippen molar-refractivity contribution in [3.05, 3.63) is 53.7 Å².